The van der Waals surface area contributed by atoms with Crippen LogP contribution in [0.5, 0.6) is 5.88 Å². The van der Waals surface area contributed by atoms with Gasteiger partial charge in [0, 0.05) is 11.8 Å². The number of benzene rings is 1. The summed E-state index contributed by atoms with van der Waals surface area (Å²) in [6.07, 6.45) is 2.06. The molecule has 1 aromatic carbocycles. The highest BCUT2D eigenvalue weighted by atomic mass is 16.5. The molecule has 0 aliphatic heterocycles. The maximum absolute atomic E-state index is 5.16. The highest BCUT2D eigenvalue weighted by Gasteiger charge is 2.06. The Bertz CT molecular complexity index is 544. The Balaban J connectivity index is 2.17. The predicted octanol–water partition coefficient (Wildman–Crippen LogP) is 3.83. The summed E-state index contributed by atoms with van der Waals surface area (Å²) in [5, 5.41) is 3.53. The van der Waals surface area contributed by atoms with Crippen LogP contribution in [0, 0.1) is 0 Å². The van der Waals surface area contributed by atoms with Crippen molar-refractivity contribution in [3.8, 4) is 5.88 Å². The van der Waals surface area contributed by atoms with E-state index < -0.39 is 0 Å². The molecule has 20 heavy (non-hydrogen) atoms. The van der Waals surface area contributed by atoms with Gasteiger partial charge in [-0.3, -0.25) is 0 Å². The summed E-state index contributed by atoms with van der Waals surface area (Å²) < 4.78 is 5.16. The Hall–Kier alpha value is -2.03. The van der Waals surface area contributed by atoms with Gasteiger partial charge in [-0.05, 0) is 30.0 Å². The number of aromatic nitrogens is 1. The molecule has 2 rings (SSSR count). The van der Waals surface area contributed by atoms with E-state index in [0.717, 1.165) is 18.5 Å². The number of hydrogen-bond acceptors (Lipinski definition) is 3. The first-order chi connectivity index (χ1) is 9.78. The normalized spacial score (nSPS) is 10.3. The van der Waals surface area contributed by atoms with E-state index in [-0.39, 0.29) is 0 Å². The number of hydrogen-bond donors (Lipinski definition) is 1. The minimum atomic E-state index is 0.656. The zero-order valence-corrected chi connectivity index (χ0v) is 12.4. The quantitative estimate of drug-likeness (QED) is 0.866. The summed E-state index contributed by atoms with van der Waals surface area (Å²) in [5.41, 5.74) is 4.94. The fraction of sp³-hybridized carbons (Fsp3) is 0.353. The first kappa shape index (κ1) is 14.4. The van der Waals surface area contributed by atoms with Gasteiger partial charge >= 0.3 is 0 Å². The maximum Gasteiger partial charge on any atom is 0.213 e. The Morgan fingerprint density at radius 1 is 1.00 bits per heavy atom. The zero-order chi connectivity index (χ0) is 14.4. The standard InChI is InChI=1S/C17H22N2O/c1-4-13-8-6-9-14(5-2)17(13)18-12-15-10-7-11-16(19-15)20-3/h6-11,18H,4-5,12H2,1-3H3. The van der Waals surface area contributed by atoms with Crippen molar-refractivity contribution in [2.24, 2.45) is 0 Å². The number of pyridine rings is 1. The Morgan fingerprint density at radius 2 is 1.65 bits per heavy atom. The molecule has 0 atom stereocenters. The van der Waals surface area contributed by atoms with E-state index in [4.69, 9.17) is 4.74 Å². The van der Waals surface area contributed by atoms with E-state index in [1.54, 1.807) is 7.11 Å². The Morgan fingerprint density at radius 3 is 2.25 bits per heavy atom. The summed E-state index contributed by atoms with van der Waals surface area (Å²) in [5.74, 6) is 0.656. The Kier molecular flexibility index (Phi) is 4.99. The maximum atomic E-state index is 5.16. The highest BCUT2D eigenvalue weighted by Crippen LogP contribution is 2.23. The molecule has 0 bridgehead atoms. The van der Waals surface area contributed by atoms with Crippen molar-refractivity contribution >= 4 is 5.69 Å². The van der Waals surface area contributed by atoms with Gasteiger partial charge in [0.15, 0.2) is 0 Å². The number of ether oxygens (including phenoxy) is 1. The molecule has 2 aromatic rings. The molecule has 3 nitrogen and oxygen atoms in total. The predicted molar refractivity (Wildman–Crippen MR) is 83.3 cm³/mol. The lowest BCUT2D eigenvalue weighted by Gasteiger charge is -2.15. The summed E-state index contributed by atoms with van der Waals surface area (Å²) in [6.45, 7) is 5.08. The number of aryl methyl sites for hydroxylation is 2. The second-order valence-corrected chi connectivity index (χ2v) is 4.68. The average Bonchev–Trinajstić information content (AvgIpc) is 2.52. The topological polar surface area (TPSA) is 34.1 Å². The number of rotatable bonds is 6. The van der Waals surface area contributed by atoms with Crippen molar-refractivity contribution in [2.75, 3.05) is 12.4 Å². The SMILES string of the molecule is CCc1cccc(CC)c1NCc1cccc(OC)n1. The van der Waals surface area contributed by atoms with Gasteiger partial charge in [-0.15, -0.1) is 0 Å². The smallest absolute Gasteiger partial charge is 0.213 e. The molecule has 0 radical (unpaired) electrons. The van der Waals surface area contributed by atoms with Gasteiger partial charge in [0.1, 0.15) is 0 Å². The van der Waals surface area contributed by atoms with Crippen LogP contribution in [0.1, 0.15) is 30.7 Å². The van der Waals surface area contributed by atoms with Gasteiger partial charge in [0.05, 0.1) is 19.3 Å². The van der Waals surface area contributed by atoms with Crippen molar-refractivity contribution < 1.29 is 4.74 Å². The van der Waals surface area contributed by atoms with Gasteiger partial charge in [0.2, 0.25) is 5.88 Å². The molecule has 106 valence electrons. The summed E-state index contributed by atoms with van der Waals surface area (Å²) >= 11 is 0. The summed E-state index contributed by atoms with van der Waals surface area (Å²) in [7, 11) is 1.64. The van der Waals surface area contributed by atoms with Crippen molar-refractivity contribution in [2.45, 2.75) is 33.2 Å². The highest BCUT2D eigenvalue weighted by molar-refractivity contribution is 5.58. The second-order valence-electron chi connectivity index (χ2n) is 4.68. The fourth-order valence-electron chi connectivity index (χ4n) is 2.32. The molecular weight excluding hydrogens is 248 g/mol. The van der Waals surface area contributed by atoms with Crippen molar-refractivity contribution in [3.05, 3.63) is 53.2 Å². The van der Waals surface area contributed by atoms with E-state index in [2.05, 4.69) is 42.3 Å². The van der Waals surface area contributed by atoms with Crippen LogP contribution in [0.2, 0.25) is 0 Å². The number of nitrogens with zero attached hydrogens (tertiary/aromatic N) is 1. The van der Waals surface area contributed by atoms with E-state index in [1.165, 1.54) is 16.8 Å². The molecule has 0 fully saturated rings. The minimum absolute atomic E-state index is 0.656. The van der Waals surface area contributed by atoms with E-state index in [0.29, 0.717) is 12.4 Å². The monoisotopic (exact) mass is 270 g/mol. The first-order valence-corrected chi connectivity index (χ1v) is 7.13. The minimum Gasteiger partial charge on any atom is -0.481 e. The number of nitrogens with one attached hydrogen (secondary N) is 1. The number of para-hydroxylation sites is 1. The molecule has 1 N–H and O–H groups in total. The van der Waals surface area contributed by atoms with Gasteiger partial charge in [-0.2, -0.15) is 0 Å². The average molecular weight is 270 g/mol. The van der Waals surface area contributed by atoms with Gasteiger partial charge in [-0.25, -0.2) is 4.98 Å². The van der Waals surface area contributed by atoms with Gasteiger partial charge in [-0.1, -0.05) is 38.1 Å². The van der Waals surface area contributed by atoms with Crippen LogP contribution in [0.25, 0.3) is 0 Å². The molecule has 0 saturated carbocycles. The van der Waals surface area contributed by atoms with Gasteiger partial charge < -0.3 is 10.1 Å². The molecule has 0 amide bonds. The van der Waals surface area contributed by atoms with Crippen molar-refractivity contribution in [1.82, 2.24) is 4.98 Å². The Labute approximate surface area is 121 Å². The molecule has 3 heteroatoms. The molecule has 1 aromatic heterocycles. The van der Waals surface area contributed by atoms with Crippen molar-refractivity contribution in [1.29, 1.82) is 0 Å². The van der Waals surface area contributed by atoms with Gasteiger partial charge in [0.25, 0.3) is 0 Å². The molecule has 0 aliphatic carbocycles. The third-order valence-electron chi connectivity index (χ3n) is 3.44. The summed E-state index contributed by atoms with van der Waals surface area (Å²) in [4.78, 5) is 4.43. The summed E-state index contributed by atoms with van der Waals surface area (Å²) in [6, 6.07) is 12.3. The van der Waals surface area contributed by atoms with Crippen LogP contribution >= 0.6 is 0 Å². The van der Waals surface area contributed by atoms with E-state index in [9.17, 15) is 0 Å². The molecule has 0 aliphatic rings. The van der Waals surface area contributed by atoms with E-state index >= 15 is 0 Å². The third kappa shape index (κ3) is 3.29. The second kappa shape index (κ2) is 6.94. The lowest BCUT2D eigenvalue weighted by Crippen LogP contribution is -2.06. The van der Waals surface area contributed by atoms with Crippen molar-refractivity contribution in [3.63, 3.8) is 0 Å². The molecule has 0 unspecified atom stereocenters. The van der Waals surface area contributed by atoms with Crippen LogP contribution in [0.15, 0.2) is 36.4 Å². The third-order valence-corrected chi connectivity index (χ3v) is 3.44. The largest absolute Gasteiger partial charge is 0.481 e. The lowest BCUT2D eigenvalue weighted by atomic mass is 10.0. The first-order valence-electron chi connectivity index (χ1n) is 7.13. The zero-order valence-electron chi connectivity index (χ0n) is 12.4. The van der Waals surface area contributed by atoms with Crippen LogP contribution in [-0.4, -0.2) is 12.1 Å². The van der Waals surface area contributed by atoms with Crippen LogP contribution in [-0.2, 0) is 19.4 Å². The lowest BCUT2D eigenvalue weighted by molar-refractivity contribution is 0.396. The molecular formula is C17H22N2O. The van der Waals surface area contributed by atoms with Crippen LogP contribution in [0.3, 0.4) is 0 Å². The van der Waals surface area contributed by atoms with Crippen LogP contribution < -0.4 is 10.1 Å². The molecule has 1 heterocycles. The van der Waals surface area contributed by atoms with Crippen LogP contribution in [0.4, 0.5) is 5.69 Å². The molecule has 0 spiro atoms. The molecule has 0 saturated heterocycles. The fourth-order valence-corrected chi connectivity index (χ4v) is 2.32. The number of methoxy groups -OCH3 is 1. The number of anilines is 1. The van der Waals surface area contributed by atoms with E-state index in [1.807, 2.05) is 18.2 Å².